The summed E-state index contributed by atoms with van der Waals surface area (Å²) >= 11 is 0. The van der Waals surface area contributed by atoms with Crippen molar-refractivity contribution < 1.29 is 32.2 Å². The summed E-state index contributed by atoms with van der Waals surface area (Å²) in [6, 6.07) is 4.20. The van der Waals surface area contributed by atoms with Gasteiger partial charge in [-0.2, -0.15) is 13.2 Å². The minimum Gasteiger partial charge on any atom is -0.478 e. The third-order valence-electron chi connectivity index (χ3n) is 2.32. The van der Waals surface area contributed by atoms with Crippen LogP contribution in [0.15, 0.2) is 30.3 Å². The first kappa shape index (κ1) is 14.7. The lowest BCUT2D eigenvalue weighted by Gasteiger charge is -2.08. The molecule has 0 aliphatic heterocycles. The van der Waals surface area contributed by atoms with Crippen molar-refractivity contribution in [3.8, 4) is 11.6 Å². The largest absolute Gasteiger partial charge is 0.478 e. The monoisotopic (exact) mass is 302 g/mol. The number of hydrogen-bond donors (Lipinski definition) is 1. The van der Waals surface area contributed by atoms with Crippen LogP contribution >= 0.6 is 0 Å². The number of aromatic nitrogens is 2. The Morgan fingerprint density at radius 3 is 2.38 bits per heavy atom. The quantitative estimate of drug-likeness (QED) is 0.882. The number of carboxylic acids is 1. The molecule has 1 aromatic heterocycles. The van der Waals surface area contributed by atoms with Gasteiger partial charge in [0.05, 0.1) is 0 Å². The first-order valence-electron chi connectivity index (χ1n) is 5.39. The van der Waals surface area contributed by atoms with Crippen molar-refractivity contribution in [2.24, 2.45) is 0 Å². The highest BCUT2D eigenvalue weighted by molar-refractivity contribution is 5.90. The molecule has 0 bridgehead atoms. The zero-order chi connectivity index (χ0) is 15.6. The van der Waals surface area contributed by atoms with Gasteiger partial charge in [-0.25, -0.2) is 9.18 Å². The molecule has 2 aromatic rings. The molecule has 0 fully saturated rings. The number of aromatic carboxylic acids is 1. The summed E-state index contributed by atoms with van der Waals surface area (Å²) in [4.78, 5) is 10.9. The molecule has 110 valence electrons. The predicted molar refractivity (Wildman–Crippen MR) is 60.5 cm³/mol. The zero-order valence-corrected chi connectivity index (χ0v) is 10.1. The van der Waals surface area contributed by atoms with E-state index in [0.29, 0.717) is 6.07 Å². The highest BCUT2D eigenvalue weighted by Gasteiger charge is 2.33. The lowest BCUT2D eigenvalue weighted by Crippen LogP contribution is -2.09. The van der Waals surface area contributed by atoms with Gasteiger partial charge >= 0.3 is 12.1 Å². The second kappa shape index (κ2) is 5.35. The van der Waals surface area contributed by atoms with Gasteiger partial charge in [-0.3, -0.25) is 0 Å². The molecule has 0 saturated carbocycles. The van der Waals surface area contributed by atoms with E-state index in [1.54, 1.807) is 0 Å². The third kappa shape index (κ3) is 3.44. The lowest BCUT2D eigenvalue weighted by atomic mass is 10.2. The molecule has 0 radical (unpaired) electrons. The van der Waals surface area contributed by atoms with Gasteiger partial charge in [0.1, 0.15) is 17.1 Å². The Morgan fingerprint density at radius 2 is 1.86 bits per heavy atom. The average Bonchev–Trinajstić information content (AvgIpc) is 2.40. The Morgan fingerprint density at radius 1 is 1.14 bits per heavy atom. The van der Waals surface area contributed by atoms with Gasteiger partial charge < -0.3 is 9.84 Å². The normalized spacial score (nSPS) is 11.2. The fraction of sp³-hybridized carbons (Fsp3) is 0.0833. The van der Waals surface area contributed by atoms with Crippen LogP contribution in [0.1, 0.15) is 16.1 Å². The highest BCUT2D eigenvalue weighted by Crippen LogP contribution is 2.29. The molecule has 5 nitrogen and oxygen atoms in total. The summed E-state index contributed by atoms with van der Waals surface area (Å²) in [6.45, 7) is 0. The summed E-state index contributed by atoms with van der Waals surface area (Å²) in [6.07, 6.45) is -4.65. The molecular formula is C12H6F4N2O3. The SMILES string of the molecule is O=C(O)c1cc(F)ccc1Oc1ccc(C(F)(F)F)nn1. The number of nitrogens with zero attached hydrogens (tertiary/aromatic N) is 2. The number of alkyl halides is 3. The first-order valence-corrected chi connectivity index (χ1v) is 5.39. The average molecular weight is 302 g/mol. The van der Waals surface area contributed by atoms with Crippen LogP contribution in [0, 0.1) is 5.82 Å². The van der Waals surface area contributed by atoms with Crippen molar-refractivity contribution in [2.45, 2.75) is 6.18 Å². The second-order valence-corrected chi connectivity index (χ2v) is 3.80. The number of ether oxygens (including phenoxy) is 1. The van der Waals surface area contributed by atoms with Crippen LogP contribution < -0.4 is 4.74 Å². The maximum absolute atomic E-state index is 13.0. The first-order chi connectivity index (χ1) is 9.77. The molecule has 0 aliphatic rings. The number of halogens is 4. The van der Waals surface area contributed by atoms with E-state index < -0.39 is 29.2 Å². The molecule has 0 amide bonds. The van der Waals surface area contributed by atoms with Gasteiger partial charge in [0.2, 0.25) is 5.88 Å². The van der Waals surface area contributed by atoms with E-state index in [4.69, 9.17) is 9.84 Å². The molecule has 1 heterocycles. The van der Waals surface area contributed by atoms with Crippen LogP contribution in [-0.4, -0.2) is 21.3 Å². The van der Waals surface area contributed by atoms with E-state index in [0.717, 1.165) is 24.3 Å². The predicted octanol–water partition coefficient (Wildman–Crippen LogP) is 3.13. The maximum Gasteiger partial charge on any atom is 0.435 e. The van der Waals surface area contributed by atoms with Gasteiger partial charge in [0, 0.05) is 6.07 Å². The minimum atomic E-state index is -4.65. The standard InChI is InChI=1S/C12H6F4N2O3/c13-6-1-2-8(7(5-6)11(19)20)21-10-4-3-9(17-18-10)12(14,15)16/h1-5H,(H,19,20). The maximum atomic E-state index is 13.0. The molecule has 0 spiro atoms. The van der Waals surface area contributed by atoms with Crippen LogP contribution in [0.25, 0.3) is 0 Å². The smallest absolute Gasteiger partial charge is 0.435 e. The Bertz CT molecular complexity index is 671. The van der Waals surface area contributed by atoms with Crippen molar-refractivity contribution in [3.05, 3.63) is 47.4 Å². The number of benzene rings is 1. The number of carboxylic acid groups (broad SMARTS) is 1. The van der Waals surface area contributed by atoms with Crippen molar-refractivity contribution >= 4 is 5.97 Å². The van der Waals surface area contributed by atoms with Crippen LogP contribution in [0.4, 0.5) is 17.6 Å². The molecule has 0 saturated heterocycles. The molecule has 2 rings (SSSR count). The molecule has 0 atom stereocenters. The lowest BCUT2D eigenvalue weighted by molar-refractivity contribution is -0.141. The highest BCUT2D eigenvalue weighted by atomic mass is 19.4. The summed E-state index contributed by atoms with van der Waals surface area (Å²) < 4.78 is 54.9. The molecule has 0 unspecified atom stereocenters. The van der Waals surface area contributed by atoms with E-state index in [9.17, 15) is 22.4 Å². The molecule has 1 N–H and O–H groups in total. The summed E-state index contributed by atoms with van der Waals surface area (Å²) in [7, 11) is 0. The fourth-order valence-corrected chi connectivity index (χ4v) is 1.40. The summed E-state index contributed by atoms with van der Waals surface area (Å²) in [5.41, 5.74) is -1.70. The van der Waals surface area contributed by atoms with Crippen molar-refractivity contribution in [1.29, 1.82) is 0 Å². The van der Waals surface area contributed by atoms with Gasteiger partial charge in [-0.1, -0.05) is 0 Å². The van der Waals surface area contributed by atoms with E-state index in [1.165, 1.54) is 0 Å². The van der Waals surface area contributed by atoms with E-state index in [2.05, 4.69) is 10.2 Å². The Labute approximate surface area is 114 Å². The Kier molecular flexibility index (Phi) is 3.74. The number of rotatable bonds is 3. The summed E-state index contributed by atoms with van der Waals surface area (Å²) in [5, 5.41) is 15.0. The third-order valence-corrected chi connectivity index (χ3v) is 2.32. The molecule has 21 heavy (non-hydrogen) atoms. The molecule has 9 heteroatoms. The van der Waals surface area contributed by atoms with E-state index in [-0.39, 0.29) is 11.6 Å². The van der Waals surface area contributed by atoms with Crippen LogP contribution in [0.2, 0.25) is 0 Å². The van der Waals surface area contributed by atoms with Crippen LogP contribution in [-0.2, 0) is 6.18 Å². The van der Waals surface area contributed by atoms with E-state index in [1.807, 2.05) is 0 Å². The van der Waals surface area contributed by atoms with Crippen molar-refractivity contribution in [3.63, 3.8) is 0 Å². The van der Waals surface area contributed by atoms with E-state index >= 15 is 0 Å². The Balaban J connectivity index is 2.28. The molecule has 0 aliphatic carbocycles. The van der Waals surface area contributed by atoms with Crippen LogP contribution in [0.5, 0.6) is 11.6 Å². The summed E-state index contributed by atoms with van der Waals surface area (Å²) in [5.74, 6) is -2.86. The Hall–Kier alpha value is -2.71. The fourth-order valence-electron chi connectivity index (χ4n) is 1.40. The van der Waals surface area contributed by atoms with Crippen molar-refractivity contribution in [1.82, 2.24) is 10.2 Å². The number of carbonyl (C=O) groups is 1. The van der Waals surface area contributed by atoms with Gasteiger partial charge in [0.15, 0.2) is 5.69 Å². The second-order valence-electron chi connectivity index (χ2n) is 3.80. The minimum absolute atomic E-state index is 0.266. The topological polar surface area (TPSA) is 72.3 Å². The van der Waals surface area contributed by atoms with Gasteiger partial charge in [0.25, 0.3) is 0 Å². The number of hydrogen-bond acceptors (Lipinski definition) is 4. The molecular weight excluding hydrogens is 296 g/mol. The van der Waals surface area contributed by atoms with Gasteiger partial charge in [-0.15, -0.1) is 10.2 Å². The zero-order valence-electron chi connectivity index (χ0n) is 10.1. The van der Waals surface area contributed by atoms with Gasteiger partial charge in [-0.05, 0) is 24.3 Å². The van der Waals surface area contributed by atoms with Crippen molar-refractivity contribution in [2.75, 3.05) is 0 Å². The molecule has 1 aromatic carbocycles. The van der Waals surface area contributed by atoms with Crippen LogP contribution in [0.3, 0.4) is 0 Å².